The van der Waals surface area contributed by atoms with Gasteiger partial charge in [0.2, 0.25) is 0 Å². The van der Waals surface area contributed by atoms with Gasteiger partial charge < -0.3 is 20.5 Å². The van der Waals surface area contributed by atoms with Gasteiger partial charge in [0, 0.05) is 6.54 Å². The van der Waals surface area contributed by atoms with Gasteiger partial charge in [0.25, 0.3) is 0 Å². The topological polar surface area (TPSA) is 107 Å². The van der Waals surface area contributed by atoms with Gasteiger partial charge in [0.15, 0.2) is 11.5 Å². The van der Waals surface area contributed by atoms with E-state index in [1.807, 2.05) is 0 Å². The molecule has 3 rings (SSSR count). The molecule has 2 heterocycles. The third kappa shape index (κ3) is 2.25. The Bertz CT molecular complexity index is 708. The predicted octanol–water partition coefficient (Wildman–Crippen LogP) is 1.38. The Labute approximate surface area is 108 Å². The molecule has 1 aromatic carbocycles. The SMILES string of the molecule is Oc1ccc(CNc2nc(O)nc3nc[nH]c23)cc1. The van der Waals surface area contributed by atoms with E-state index in [2.05, 4.69) is 25.3 Å². The van der Waals surface area contributed by atoms with Gasteiger partial charge in [0.05, 0.1) is 6.33 Å². The number of anilines is 1. The number of nitrogens with zero attached hydrogens (tertiary/aromatic N) is 3. The van der Waals surface area contributed by atoms with E-state index in [4.69, 9.17) is 0 Å². The first-order chi connectivity index (χ1) is 9.22. The molecule has 0 spiro atoms. The van der Waals surface area contributed by atoms with Crippen molar-refractivity contribution in [1.29, 1.82) is 0 Å². The van der Waals surface area contributed by atoms with E-state index in [9.17, 15) is 10.2 Å². The molecule has 7 nitrogen and oxygen atoms in total. The maximum atomic E-state index is 9.41. The molecule has 0 unspecified atom stereocenters. The lowest BCUT2D eigenvalue weighted by atomic mass is 10.2. The Morgan fingerprint density at radius 1 is 1.11 bits per heavy atom. The fraction of sp³-hybridized carbons (Fsp3) is 0.0833. The second kappa shape index (κ2) is 4.45. The van der Waals surface area contributed by atoms with Crippen molar-refractivity contribution in [1.82, 2.24) is 19.9 Å². The smallest absolute Gasteiger partial charge is 0.318 e. The number of aromatic amines is 1. The molecular weight excluding hydrogens is 246 g/mol. The Morgan fingerprint density at radius 3 is 2.68 bits per heavy atom. The van der Waals surface area contributed by atoms with Crippen LogP contribution in [-0.2, 0) is 6.54 Å². The number of hydrogen-bond acceptors (Lipinski definition) is 6. The van der Waals surface area contributed by atoms with Gasteiger partial charge in [-0.15, -0.1) is 0 Å². The summed E-state index contributed by atoms with van der Waals surface area (Å²) in [6.07, 6.45) is 1.49. The molecule has 96 valence electrons. The number of aromatic hydroxyl groups is 2. The normalized spacial score (nSPS) is 10.7. The van der Waals surface area contributed by atoms with Crippen LogP contribution >= 0.6 is 0 Å². The van der Waals surface area contributed by atoms with Crippen LogP contribution in [0.2, 0.25) is 0 Å². The van der Waals surface area contributed by atoms with Gasteiger partial charge in [-0.3, -0.25) is 0 Å². The number of benzene rings is 1. The zero-order valence-electron chi connectivity index (χ0n) is 9.83. The molecule has 0 fully saturated rings. The first-order valence-corrected chi connectivity index (χ1v) is 5.64. The molecule has 7 heteroatoms. The summed E-state index contributed by atoms with van der Waals surface area (Å²) >= 11 is 0. The summed E-state index contributed by atoms with van der Waals surface area (Å²) in [5.74, 6) is 0.701. The molecule has 0 aliphatic heterocycles. The van der Waals surface area contributed by atoms with Crippen molar-refractivity contribution in [2.45, 2.75) is 6.54 Å². The average Bonchev–Trinajstić information content (AvgIpc) is 2.85. The molecule has 19 heavy (non-hydrogen) atoms. The zero-order valence-corrected chi connectivity index (χ0v) is 9.83. The van der Waals surface area contributed by atoms with Crippen LogP contribution in [0.3, 0.4) is 0 Å². The second-order valence-corrected chi connectivity index (χ2v) is 3.99. The van der Waals surface area contributed by atoms with Gasteiger partial charge in [-0.25, -0.2) is 4.98 Å². The minimum Gasteiger partial charge on any atom is -0.508 e. The molecule has 0 amide bonds. The zero-order chi connectivity index (χ0) is 13.2. The molecule has 0 bridgehead atoms. The third-order valence-electron chi connectivity index (χ3n) is 2.67. The van der Waals surface area contributed by atoms with E-state index in [1.165, 1.54) is 6.33 Å². The standard InChI is InChI=1S/C12H11N5O2/c18-8-3-1-7(2-4-8)5-13-10-9-11(15-6-14-9)17-12(19)16-10/h1-4,6,18H,5H2,(H3,13,14,15,16,17,19). The maximum Gasteiger partial charge on any atom is 0.318 e. The first-order valence-electron chi connectivity index (χ1n) is 5.64. The molecule has 0 radical (unpaired) electrons. The molecule has 0 aliphatic rings. The van der Waals surface area contributed by atoms with Crippen molar-refractivity contribution in [2.24, 2.45) is 0 Å². The van der Waals surface area contributed by atoms with Gasteiger partial charge >= 0.3 is 6.01 Å². The molecule has 4 N–H and O–H groups in total. The summed E-state index contributed by atoms with van der Waals surface area (Å²) in [4.78, 5) is 14.6. The lowest BCUT2D eigenvalue weighted by Gasteiger charge is -2.06. The highest BCUT2D eigenvalue weighted by Crippen LogP contribution is 2.19. The summed E-state index contributed by atoms with van der Waals surface area (Å²) in [7, 11) is 0. The van der Waals surface area contributed by atoms with Gasteiger partial charge in [0.1, 0.15) is 11.3 Å². The molecule has 0 atom stereocenters. The van der Waals surface area contributed by atoms with Crippen LogP contribution in [-0.4, -0.2) is 30.1 Å². The van der Waals surface area contributed by atoms with Crippen molar-refractivity contribution in [3.63, 3.8) is 0 Å². The summed E-state index contributed by atoms with van der Waals surface area (Å²) < 4.78 is 0. The van der Waals surface area contributed by atoms with E-state index >= 15 is 0 Å². The lowest BCUT2D eigenvalue weighted by molar-refractivity contribution is 0.433. The predicted molar refractivity (Wildman–Crippen MR) is 68.8 cm³/mol. The van der Waals surface area contributed by atoms with Crippen LogP contribution < -0.4 is 5.32 Å². The van der Waals surface area contributed by atoms with E-state index in [1.54, 1.807) is 24.3 Å². The Balaban J connectivity index is 1.85. The van der Waals surface area contributed by atoms with Crippen LogP contribution in [0.1, 0.15) is 5.56 Å². The summed E-state index contributed by atoms with van der Waals surface area (Å²) in [5.41, 5.74) is 2.01. The number of hydrogen-bond donors (Lipinski definition) is 4. The number of phenolic OH excluding ortho intramolecular Hbond substituents is 1. The number of imidazole rings is 1. The van der Waals surface area contributed by atoms with Crippen LogP contribution in [0.25, 0.3) is 11.2 Å². The molecule has 3 aromatic rings. The highest BCUT2D eigenvalue weighted by Gasteiger charge is 2.08. The Morgan fingerprint density at radius 2 is 1.89 bits per heavy atom. The Hall–Kier alpha value is -2.83. The number of rotatable bonds is 3. The molecule has 2 aromatic heterocycles. The van der Waals surface area contributed by atoms with Crippen molar-refractivity contribution in [3.05, 3.63) is 36.2 Å². The van der Waals surface area contributed by atoms with Crippen LogP contribution in [0.15, 0.2) is 30.6 Å². The fourth-order valence-electron chi connectivity index (χ4n) is 1.75. The largest absolute Gasteiger partial charge is 0.508 e. The quantitative estimate of drug-likeness (QED) is 0.564. The molecule has 0 saturated carbocycles. The number of phenols is 1. The van der Waals surface area contributed by atoms with Crippen molar-refractivity contribution >= 4 is 17.0 Å². The van der Waals surface area contributed by atoms with Gasteiger partial charge in [-0.1, -0.05) is 12.1 Å². The monoisotopic (exact) mass is 257 g/mol. The Kier molecular flexibility index (Phi) is 2.64. The fourth-order valence-corrected chi connectivity index (χ4v) is 1.75. The van der Waals surface area contributed by atoms with Gasteiger partial charge in [-0.05, 0) is 17.7 Å². The summed E-state index contributed by atoms with van der Waals surface area (Å²) in [6.45, 7) is 0.505. The maximum absolute atomic E-state index is 9.41. The summed E-state index contributed by atoms with van der Waals surface area (Å²) in [5, 5.41) is 21.7. The van der Waals surface area contributed by atoms with E-state index in [0.29, 0.717) is 23.5 Å². The third-order valence-corrected chi connectivity index (χ3v) is 2.67. The number of nitrogens with one attached hydrogen (secondary N) is 2. The van der Waals surface area contributed by atoms with Crippen molar-refractivity contribution in [3.8, 4) is 11.8 Å². The van der Waals surface area contributed by atoms with Crippen molar-refractivity contribution in [2.75, 3.05) is 5.32 Å². The number of aromatic nitrogens is 4. The number of fused-ring (bicyclic) bond motifs is 1. The summed E-state index contributed by atoms with van der Waals surface area (Å²) in [6, 6.07) is 6.49. The highest BCUT2D eigenvalue weighted by atomic mass is 16.3. The lowest BCUT2D eigenvalue weighted by Crippen LogP contribution is -2.02. The molecule has 0 aliphatic carbocycles. The average molecular weight is 257 g/mol. The highest BCUT2D eigenvalue weighted by molar-refractivity contribution is 5.82. The molecule has 0 saturated heterocycles. The molecular formula is C12H11N5O2. The second-order valence-electron chi connectivity index (χ2n) is 3.99. The van der Waals surface area contributed by atoms with E-state index < -0.39 is 0 Å². The van der Waals surface area contributed by atoms with Crippen LogP contribution in [0, 0.1) is 0 Å². The van der Waals surface area contributed by atoms with Gasteiger partial charge in [-0.2, -0.15) is 9.97 Å². The minimum absolute atomic E-state index is 0.222. The number of H-pyrrole nitrogens is 1. The minimum atomic E-state index is -0.326. The van der Waals surface area contributed by atoms with Crippen LogP contribution in [0.5, 0.6) is 11.8 Å². The van der Waals surface area contributed by atoms with E-state index in [-0.39, 0.29) is 11.8 Å². The van der Waals surface area contributed by atoms with Crippen molar-refractivity contribution < 1.29 is 10.2 Å². The van der Waals surface area contributed by atoms with Crippen LogP contribution in [0.4, 0.5) is 5.82 Å². The first kappa shape index (κ1) is 11.3. The van der Waals surface area contributed by atoms with E-state index in [0.717, 1.165) is 5.56 Å².